The van der Waals surface area contributed by atoms with Gasteiger partial charge in [0.25, 0.3) is 5.56 Å². The molecular weight excluding hydrogens is 473 g/mol. The number of aromatic nitrogens is 2. The van der Waals surface area contributed by atoms with Gasteiger partial charge in [0.1, 0.15) is 20.0 Å². The van der Waals surface area contributed by atoms with Crippen molar-refractivity contribution in [2.24, 2.45) is 0 Å². The maximum Gasteiger partial charge on any atom is 0.271 e. The third kappa shape index (κ3) is 3.96. The monoisotopic (exact) mass is 496 g/mol. The minimum atomic E-state index is -0.221. The van der Waals surface area contributed by atoms with Gasteiger partial charge in [-0.05, 0) is 43.5 Å². The maximum atomic E-state index is 14.1. The third-order valence-corrected chi connectivity index (χ3v) is 9.16. The summed E-state index contributed by atoms with van der Waals surface area (Å²) in [5, 5.41) is 5.09. The largest absolute Gasteiger partial charge is 0.337 e. The first-order valence-corrected chi connectivity index (χ1v) is 13.2. The van der Waals surface area contributed by atoms with Gasteiger partial charge in [-0.25, -0.2) is 4.39 Å². The predicted molar refractivity (Wildman–Crippen MR) is 136 cm³/mol. The molecule has 33 heavy (non-hydrogen) atoms. The standard InChI is InChI=1S/C25H23FN3OS3/c1-4-29-21(13-18-7-5-6-11-28(18)14-17-10-12-31-15-17)32-23(24(29)30)25-27(3)20-9-8-19(26)16(2)22(20)33-25/h5-13,15H,4,14H2,1-3H3/q+1. The second-order valence-electron chi connectivity index (χ2n) is 7.84. The molecule has 1 aliphatic heterocycles. The van der Waals surface area contributed by atoms with Gasteiger partial charge in [0.05, 0.1) is 5.69 Å². The van der Waals surface area contributed by atoms with Crippen LogP contribution in [-0.4, -0.2) is 11.6 Å². The molecule has 1 aromatic carbocycles. The fourth-order valence-corrected chi connectivity index (χ4v) is 7.17. The maximum absolute atomic E-state index is 14.1. The van der Waals surface area contributed by atoms with Gasteiger partial charge in [-0.1, -0.05) is 11.8 Å². The Kier molecular flexibility index (Phi) is 5.99. The zero-order valence-electron chi connectivity index (χ0n) is 18.5. The number of thiophene rings is 1. The Hall–Kier alpha value is -2.68. The molecular formula is C25H23FN3OS3+. The summed E-state index contributed by atoms with van der Waals surface area (Å²) in [7, 11) is 1.94. The van der Waals surface area contributed by atoms with Crippen LogP contribution in [0, 0.1) is 12.7 Å². The summed E-state index contributed by atoms with van der Waals surface area (Å²) in [5.74, 6) is -0.221. The van der Waals surface area contributed by atoms with Gasteiger partial charge in [0.15, 0.2) is 12.7 Å². The van der Waals surface area contributed by atoms with Gasteiger partial charge >= 0.3 is 0 Å². The Morgan fingerprint density at radius 1 is 1.18 bits per heavy atom. The summed E-state index contributed by atoms with van der Waals surface area (Å²) in [6, 6.07) is 11.5. The van der Waals surface area contributed by atoms with E-state index in [-0.39, 0.29) is 11.4 Å². The summed E-state index contributed by atoms with van der Waals surface area (Å²) >= 11 is 4.66. The van der Waals surface area contributed by atoms with Crippen LogP contribution in [0.5, 0.6) is 0 Å². The molecule has 0 N–H and O–H groups in total. The first-order chi connectivity index (χ1) is 16.0. The molecule has 0 amide bonds. The van der Waals surface area contributed by atoms with Crippen molar-refractivity contribution in [2.45, 2.75) is 31.8 Å². The molecule has 0 spiro atoms. The highest BCUT2D eigenvalue weighted by Gasteiger charge is 2.27. The highest BCUT2D eigenvalue weighted by atomic mass is 32.2. The lowest BCUT2D eigenvalue weighted by atomic mass is 10.2. The number of anilines is 1. The van der Waals surface area contributed by atoms with E-state index >= 15 is 0 Å². The van der Waals surface area contributed by atoms with Crippen LogP contribution in [0.2, 0.25) is 0 Å². The van der Waals surface area contributed by atoms with Crippen molar-refractivity contribution in [3.8, 4) is 0 Å². The van der Waals surface area contributed by atoms with Gasteiger partial charge in [0.2, 0.25) is 5.69 Å². The van der Waals surface area contributed by atoms with E-state index in [9.17, 15) is 9.18 Å². The molecule has 5 rings (SSSR count). The number of hydrogen-bond acceptors (Lipinski definition) is 5. The van der Waals surface area contributed by atoms with E-state index in [0.717, 1.165) is 32.5 Å². The number of pyridine rings is 1. The first kappa shape index (κ1) is 22.1. The molecule has 0 fully saturated rings. The Balaban J connectivity index is 1.66. The molecule has 4 aromatic rings. The average Bonchev–Trinajstić information content (AvgIpc) is 3.51. The van der Waals surface area contributed by atoms with Crippen LogP contribution in [0.3, 0.4) is 0 Å². The predicted octanol–water partition coefficient (Wildman–Crippen LogP) is 3.91. The van der Waals surface area contributed by atoms with Gasteiger partial charge in [0, 0.05) is 53.2 Å². The van der Waals surface area contributed by atoms with Crippen molar-refractivity contribution in [1.82, 2.24) is 4.57 Å². The van der Waals surface area contributed by atoms with Crippen LogP contribution in [-0.2, 0) is 13.1 Å². The molecule has 1 aliphatic rings. The molecule has 4 nitrogen and oxygen atoms in total. The zero-order chi connectivity index (χ0) is 23.1. The van der Waals surface area contributed by atoms with Crippen LogP contribution in [0.15, 0.2) is 63.0 Å². The van der Waals surface area contributed by atoms with Crippen molar-refractivity contribution in [2.75, 3.05) is 11.9 Å². The molecule has 0 saturated carbocycles. The molecule has 4 heterocycles. The Morgan fingerprint density at radius 3 is 2.79 bits per heavy atom. The van der Waals surface area contributed by atoms with Crippen LogP contribution in [0.25, 0.3) is 11.1 Å². The number of halogens is 1. The summed E-state index contributed by atoms with van der Waals surface area (Å²) in [6.07, 6.45) is 4.15. The van der Waals surface area contributed by atoms with E-state index in [0.29, 0.717) is 16.6 Å². The van der Waals surface area contributed by atoms with E-state index in [2.05, 4.69) is 39.7 Å². The summed E-state index contributed by atoms with van der Waals surface area (Å²) in [6.45, 7) is 5.14. The van der Waals surface area contributed by atoms with Crippen LogP contribution >= 0.6 is 34.4 Å². The summed E-state index contributed by atoms with van der Waals surface area (Å²) in [4.78, 5) is 16.3. The number of thioether (sulfide) groups is 1. The van der Waals surface area contributed by atoms with Crippen LogP contribution in [0.4, 0.5) is 10.1 Å². The molecule has 3 aromatic heterocycles. The van der Waals surface area contributed by atoms with Gasteiger partial charge in [-0.2, -0.15) is 15.9 Å². The lowest BCUT2D eigenvalue weighted by molar-refractivity contribution is -0.690. The first-order valence-electron chi connectivity index (χ1n) is 10.6. The molecule has 0 bridgehead atoms. The van der Waals surface area contributed by atoms with Crippen molar-refractivity contribution >= 4 is 51.2 Å². The Morgan fingerprint density at radius 2 is 2.03 bits per heavy atom. The van der Waals surface area contributed by atoms with E-state index in [1.807, 2.05) is 35.6 Å². The number of rotatable bonds is 4. The van der Waals surface area contributed by atoms with Crippen molar-refractivity contribution in [1.29, 1.82) is 0 Å². The number of fused-ring (bicyclic) bond motifs is 1. The number of benzene rings is 1. The van der Waals surface area contributed by atoms with E-state index < -0.39 is 0 Å². The van der Waals surface area contributed by atoms with Gasteiger partial charge in [-0.15, -0.1) is 11.3 Å². The summed E-state index contributed by atoms with van der Waals surface area (Å²) in [5.41, 5.74) is 3.85. The second-order valence-corrected chi connectivity index (χ2v) is 10.6. The normalized spacial score (nSPS) is 15.4. The molecule has 0 radical (unpaired) electrons. The molecule has 8 heteroatoms. The molecule has 0 atom stereocenters. The lowest BCUT2D eigenvalue weighted by Crippen LogP contribution is -2.38. The average molecular weight is 497 g/mol. The van der Waals surface area contributed by atoms with Crippen molar-refractivity contribution in [3.63, 3.8) is 0 Å². The highest BCUT2D eigenvalue weighted by molar-refractivity contribution is 8.08. The van der Waals surface area contributed by atoms with E-state index in [4.69, 9.17) is 0 Å². The third-order valence-electron chi connectivity index (χ3n) is 5.79. The smallest absolute Gasteiger partial charge is 0.271 e. The number of thiazole rings is 1. The van der Waals surface area contributed by atoms with Crippen LogP contribution < -0.4 is 24.2 Å². The van der Waals surface area contributed by atoms with E-state index in [1.54, 1.807) is 24.3 Å². The van der Waals surface area contributed by atoms with E-state index in [1.165, 1.54) is 34.7 Å². The number of nitrogens with zero attached hydrogens (tertiary/aromatic N) is 3. The van der Waals surface area contributed by atoms with Gasteiger partial charge < -0.3 is 4.90 Å². The highest BCUT2D eigenvalue weighted by Crippen LogP contribution is 2.47. The Labute approximate surface area is 203 Å². The SMILES string of the molecule is CCn1c(=Cc2cccc[n+]2Cc2ccsc2)sc(=C2Sc3c(ccc(F)c3C)N2C)c1=O. The fourth-order valence-electron chi connectivity index (χ4n) is 3.96. The number of hydrogen-bond donors (Lipinski definition) is 0. The molecule has 0 saturated heterocycles. The lowest BCUT2D eigenvalue weighted by Gasteiger charge is -2.12. The topological polar surface area (TPSA) is 29.1 Å². The molecule has 168 valence electrons. The molecule has 0 aliphatic carbocycles. The Bertz CT molecular complexity index is 1520. The van der Waals surface area contributed by atoms with Crippen LogP contribution in [0.1, 0.15) is 23.7 Å². The van der Waals surface area contributed by atoms with Crippen molar-refractivity contribution in [3.05, 3.63) is 95.5 Å². The molecule has 0 unspecified atom stereocenters. The summed E-state index contributed by atoms with van der Waals surface area (Å²) < 4.78 is 19.7. The minimum absolute atomic E-state index is 0.00523. The van der Waals surface area contributed by atoms with Gasteiger partial charge in [-0.3, -0.25) is 9.36 Å². The minimum Gasteiger partial charge on any atom is -0.337 e. The quantitative estimate of drug-likeness (QED) is 0.401. The van der Waals surface area contributed by atoms with Crippen molar-refractivity contribution < 1.29 is 8.96 Å². The fraction of sp³-hybridized carbons (Fsp3) is 0.200. The second kappa shape index (κ2) is 8.93. The zero-order valence-corrected chi connectivity index (χ0v) is 21.0.